The highest BCUT2D eigenvalue weighted by molar-refractivity contribution is 7.22. The van der Waals surface area contributed by atoms with Crippen molar-refractivity contribution in [2.24, 2.45) is 0 Å². The van der Waals surface area contributed by atoms with Crippen LogP contribution in [0.15, 0.2) is 42.6 Å². The summed E-state index contributed by atoms with van der Waals surface area (Å²) in [5.74, 6) is 0.878. The zero-order valence-electron chi connectivity index (χ0n) is 11.7. The lowest BCUT2D eigenvalue weighted by Crippen LogP contribution is -1.94. The third-order valence-corrected chi connectivity index (χ3v) is 4.60. The fraction of sp³-hybridized carbons (Fsp3) is 0.125. The van der Waals surface area contributed by atoms with E-state index in [1.807, 2.05) is 35.8 Å². The summed E-state index contributed by atoms with van der Waals surface area (Å²) in [6.45, 7) is 1.99. The van der Waals surface area contributed by atoms with Crippen molar-refractivity contribution in [3.8, 4) is 16.3 Å². The Balaban J connectivity index is 1.93. The molecule has 3 heterocycles. The third-order valence-electron chi connectivity index (χ3n) is 3.48. The van der Waals surface area contributed by atoms with Crippen LogP contribution in [-0.4, -0.2) is 21.7 Å². The van der Waals surface area contributed by atoms with Gasteiger partial charge in [-0.05, 0) is 48.7 Å². The molecule has 4 aromatic rings. The van der Waals surface area contributed by atoms with Crippen LogP contribution in [0.5, 0.6) is 5.75 Å². The third kappa shape index (κ3) is 1.97. The normalized spacial score (nSPS) is 11.3. The first-order valence-electron chi connectivity index (χ1n) is 6.64. The Kier molecular flexibility index (Phi) is 2.68. The van der Waals surface area contributed by atoms with Gasteiger partial charge in [0.2, 0.25) is 0 Å². The molecule has 1 aromatic carbocycles. The molecule has 0 radical (unpaired) electrons. The van der Waals surface area contributed by atoms with Crippen LogP contribution in [0, 0.1) is 6.92 Å². The topological polar surface area (TPSA) is 39.4 Å². The molecule has 0 saturated carbocycles. The number of imidazole rings is 1. The van der Waals surface area contributed by atoms with Gasteiger partial charge in [-0.25, -0.2) is 9.50 Å². The first-order chi connectivity index (χ1) is 10.2. The minimum absolute atomic E-state index is 0.866. The molecule has 3 aromatic heterocycles. The van der Waals surface area contributed by atoms with Crippen LogP contribution >= 0.6 is 11.3 Å². The summed E-state index contributed by atoms with van der Waals surface area (Å²) in [6, 6.07) is 12.3. The van der Waals surface area contributed by atoms with E-state index in [1.54, 1.807) is 18.4 Å². The SMILES string of the molecule is COc1ccc2cc(-c3cnc4ccc(C)nn34)sc2c1. The van der Waals surface area contributed by atoms with E-state index in [0.717, 1.165) is 27.7 Å². The standard InChI is InChI=1S/C16H13N3OS/c1-10-3-6-16-17-9-13(19(16)18-10)15-7-11-4-5-12(20-2)8-14(11)21-15/h3-9H,1-2H3. The lowest BCUT2D eigenvalue weighted by atomic mass is 10.2. The summed E-state index contributed by atoms with van der Waals surface area (Å²) >= 11 is 1.72. The number of fused-ring (bicyclic) bond motifs is 2. The molecule has 5 heteroatoms. The summed E-state index contributed by atoms with van der Waals surface area (Å²) in [5.41, 5.74) is 2.86. The second-order valence-corrected chi connectivity index (χ2v) is 5.99. The number of methoxy groups -OCH3 is 1. The Hall–Kier alpha value is -2.40. The Bertz CT molecular complexity index is 955. The number of benzene rings is 1. The molecule has 4 nitrogen and oxygen atoms in total. The highest BCUT2D eigenvalue weighted by Gasteiger charge is 2.11. The molecule has 0 aliphatic heterocycles. The molecule has 21 heavy (non-hydrogen) atoms. The molecule has 0 N–H and O–H groups in total. The van der Waals surface area contributed by atoms with Crippen LogP contribution < -0.4 is 4.74 Å². The number of rotatable bonds is 2. The molecule has 0 atom stereocenters. The van der Waals surface area contributed by atoms with Gasteiger partial charge in [0.1, 0.15) is 11.4 Å². The van der Waals surface area contributed by atoms with Gasteiger partial charge in [0.05, 0.1) is 23.9 Å². The molecule has 0 aliphatic rings. The molecular formula is C16H13N3OS. The molecule has 0 bridgehead atoms. The Morgan fingerprint density at radius 2 is 2.05 bits per heavy atom. The number of aromatic nitrogens is 3. The van der Waals surface area contributed by atoms with Crippen LogP contribution in [0.3, 0.4) is 0 Å². The molecule has 104 valence electrons. The Labute approximate surface area is 125 Å². The number of nitrogens with zero attached hydrogens (tertiary/aromatic N) is 3. The number of aryl methyl sites for hydroxylation is 1. The first kappa shape index (κ1) is 12.3. The summed E-state index contributed by atoms with van der Waals surface area (Å²) in [6.07, 6.45) is 1.88. The average Bonchev–Trinajstić information content (AvgIpc) is 3.08. The average molecular weight is 295 g/mol. The minimum Gasteiger partial charge on any atom is -0.497 e. The number of hydrogen-bond donors (Lipinski definition) is 0. The van der Waals surface area contributed by atoms with E-state index in [-0.39, 0.29) is 0 Å². The zero-order valence-corrected chi connectivity index (χ0v) is 12.5. The Morgan fingerprint density at radius 3 is 2.90 bits per heavy atom. The fourth-order valence-corrected chi connectivity index (χ4v) is 3.48. The van der Waals surface area contributed by atoms with Crippen LogP contribution in [0.4, 0.5) is 0 Å². The number of thiophene rings is 1. The maximum atomic E-state index is 5.28. The van der Waals surface area contributed by atoms with Crippen molar-refractivity contribution in [1.82, 2.24) is 14.6 Å². The van der Waals surface area contributed by atoms with Crippen molar-refractivity contribution in [2.75, 3.05) is 7.11 Å². The predicted octanol–water partition coefficient (Wildman–Crippen LogP) is 3.93. The quantitative estimate of drug-likeness (QED) is 0.562. The molecule has 4 rings (SSSR count). The Morgan fingerprint density at radius 1 is 1.14 bits per heavy atom. The van der Waals surface area contributed by atoms with E-state index in [4.69, 9.17) is 4.74 Å². The monoisotopic (exact) mass is 295 g/mol. The minimum atomic E-state index is 0.866. The van der Waals surface area contributed by atoms with Crippen molar-refractivity contribution >= 4 is 27.1 Å². The largest absolute Gasteiger partial charge is 0.497 e. The van der Waals surface area contributed by atoms with Gasteiger partial charge in [0, 0.05) is 4.70 Å². The van der Waals surface area contributed by atoms with Gasteiger partial charge in [-0.3, -0.25) is 0 Å². The molecule has 0 amide bonds. The van der Waals surface area contributed by atoms with Gasteiger partial charge in [-0.1, -0.05) is 0 Å². The lowest BCUT2D eigenvalue weighted by Gasteiger charge is -1.98. The molecule has 0 fully saturated rings. The van der Waals surface area contributed by atoms with Crippen LogP contribution in [0.1, 0.15) is 5.69 Å². The van der Waals surface area contributed by atoms with Gasteiger partial charge >= 0.3 is 0 Å². The zero-order chi connectivity index (χ0) is 14.4. The molecular weight excluding hydrogens is 282 g/mol. The summed E-state index contributed by atoms with van der Waals surface area (Å²) < 4.78 is 8.39. The molecule has 0 saturated heterocycles. The van der Waals surface area contributed by atoms with Crippen LogP contribution in [0.2, 0.25) is 0 Å². The second-order valence-electron chi connectivity index (χ2n) is 4.90. The van der Waals surface area contributed by atoms with Crippen molar-refractivity contribution < 1.29 is 4.74 Å². The van der Waals surface area contributed by atoms with E-state index < -0.39 is 0 Å². The predicted molar refractivity (Wildman–Crippen MR) is 85.1 cm³/mol. The van der Waals surface area contributed by atoms with Crippen molar-refractivity contribution in [3.63, 3.8) is 0 Å². The molecule has 0 aliphatic carbocycles. The van der Waals surface area contributed by atoms with Crippen molar-refractivity contribution in [3.05, 3.63) is 48.3 Å². The van der Waals surface area contributed by atoms with Gasteiger partial charge in [0.25, 0.3) is 0 Å². The fourth-order valence-electron chi connectivity index (χ4n) is 2.40. The molecule has 0 unspecified atom stereocenters. The van der Waals surface area contributed by atoms with Gasteiger partial charge < -0.3 is 4.74 Å². The first-order valence-corrected chi connectivity index (χ1v) is 7.45. The summed E-state index contributed by atoms with van der Waals surface area (Å²) in [7, 11) is 1.69. The number of hydrogen-bond acceptors (Lipinski definition) is 4. The van der Waals surface area contributed by atoms with Crippen molar-refractivity contribution in [2.45, 2.75) is 6.92 Å². The van der Waals surface area contributed by atoms with E-state index in [1.165, 1.54) is 10.1 Å². The van der Waals surface area contributed by atoms with E-state index in [9.17, 15) is 0 Å². The second kappa shape index (κ2) is 4.56. The maximum Gasteiger partial charge on any atom is 0.154 e. The van der Waals surface area contributed by atoms with Gasteiger partial charge in [-0.2, -0.15) is 5.10 Å². The van der Waals surface area contributed by atoms with E-state index in [0.29, 0.717) is 0 Å². The lowest BCUT2D eigenvalue weighted by molar-refractivity contribution is 0.415. The number of ether oxygens (including phenoxy) is 1. The van der Waals surface area contributed by atoms with Gasteiger partial charge in [0.15, 0.2) is 5.65 Å². The van der Waals surface area contributed by atoms with Crippen molar-refractivity contribution in [1.29, 1.82) is 0 Å². The van der Waals surface area contributed by atoms with Gasteiger partial charge in [-0.15, -0.1) is 11.3 Å². The van der Waals surface area contributed by atoms with E-state index in [2.05, 4.69) is 28.3 Å². The highest BCUT2D eigenvalue weighted by Crippen LogP contribution is 2.35. The summed E-state index contributed by atoms with van der Waals surface area (Å²) in [4.78, 5) is 5.58. The maximum absolute atomic E-state index is 5.28. The highest BCUT2D eigenvalue weighted by atomic mass is 32.1. The van der Waals surface area contributed by atoms with Crippen LogP contribution in [0.25, 0.3) is 26.3 Å². The summed E-state index contributed by atoms with van der Waals surface area (Å²) in [5, 5.41) is 5.76. The van der Waals surface area contributed by atoms with Crippen LogP contribution in [-0.2, 0) is 0 Å². The smallest absolute Gasteiger partial charge is 0.154 e. The van der Waals surface area contributed by atoms with E-state index >= 15 is 0 Å². The molecule has 0 spiro atoms.